The second kappa shape index (κ2) is 10.3. The van der Waals surface area contributed by atoms with E-state index in [1.54, 1.807) is 63.2 Å². The van der Waals surface area contributed by atoms with Crippen molar-refractivity contribution in [3.05, 3.63) is 80.6 Å². The highest BCUT2D eigenvalue weighted by Crippen LogP contribution is 2.25. The lowest BCUT2D eigenvalue weighted by atomic mass is 10.0. The van der Waals surface area contributed by atoms with Gasteiger partial charge in [-0.3, -0.25) is 14.6 Å². The zero-order valence-corrected chi connectivity index (χ0v) is 21.3. The van der Waals surface area contributed by atoms with E-state index in [0.29, 0.717) is 34.6 Å². The molecule has 0 aliphatic heterocycles. The Morgan fingerprint density at radius 3 is 2.64 bits per heavy atom. The summed E-state index contributed by atoms with van der Waals surface area (Å²) in [4.78, 5) is 49.3. The number of hydrogen-bond acceptors (Lipinski definition) is 8. The van der Waals surface area contributed by atoms with E-state index in [0.717, 1.165) is 5.69 Å². The van der Waals surface area contributed by atoms with Crippen molar-refractivity contribution in [3.8, 4) is 0 Å². The van der Waals surface area contributed by atoms with Gasteiger partial charge in [0.2, 0.25) is 5.91 Å². The second-order valence-corrected chi connectivity index (χ2v) is 9.87. The highest BCUT2D eigenvalue weighted by molar-refractivity contribution is 7.12. The lowest BCUT2D eigenvalue weighted by Crippen LogP contribution is -2.49. The number of fused-ring (bicyclic) bond motifs is 1. The van der Waals surface area contributed by atoms with Crippen LogP contribution in [0.5, 0.6) is 0 Å². The molecule has 10 heteroatoms. The molecule has 0 spiro atoms. The van der Waals surface area contributed by atoms with Crippen LogP contribution in [-0.4, -0.2) is 45.8 Å². The number of nitrogens with one attached hydrogen (secondary N) is 2. The molecular weight excluding hydrogens is 478 g/mol. The van der Waals surface area contributed by atoms with Gasteiger partial charge in [0.05, 0.1) is 15.8 Å². The predicted molar refractivity (Wildman–Crippen MR) is 141 cm³/mol. The summed E-state index contributed by atoms with van der Waals surface area (Å²) in [7, 11) is 1.72. The lowest BCUT2D eigenvalue weighted by Gasteiger charge is -2.30. The Kier molecular flexibility index (Phi) is 7.16. The molecule has 0 unspecified atom stereocenters. The molecule has 2 amide bonds. The molecule has 36 heavy (non-hydrogen) atoms. The molecule has 4 rings (SSSR count). The Morgan fingerprint density at radius 1 is 1.14 bits per heavy atom. The zero-order chi connectivity index (χ0) is 25.9. The highest BCUT2D eigenvalue weighted by atomic mass is 32.1. The van der Waals surface area contributed by atoms with Gasteiger partial charge >= 0.3 is 5.63 Å². The van der Waals surface area contributed by atoms with E-state index in [4.69, 9.17) is 4.42 Å². The molecule has 1 aromatic carbocycles. The van der Waals surface area contributed by atoms with E-state index < -0.39 is 11.2 Å². The molecule has 0 saturated heterocycles. The van der Waals surface area contributed by atoms with E-state index in [-0.39, 0.29) is 23.2 Å². The van der Waals surface area contributed by atoms with Crippen LogP contribution in [0.4, 0.5) is 11.7 Å². The van der Waals surface area contributed by atoms with Gasteiger partial charge in [0.25, 0.3) is 11.9 Å². The quantitative estimate of drug-likeness (QED) is 0.370. The normalized spacial score (nSPS) is 11.3. The van der Waals surface area contributed by atoms with E-state index in [9.17, 15) is 14.4 Å². The lowest BCUT2D eigenvalue weighted by molar-refractivity contribution is -0.133. The van der Waals surface area contributed by atoms with Gasteiger partial charge in [0.15, 0.2) is 0 Å². The maximum Gasteiger partial charge on any atom is 0.348 e. The van der Waals surface area contributed by atoms with Crippen LogP contribution in [-0.2, 0) is 11.2 Å². The smallest absolute Gasteiger partial charge is 0.348 e. The van der Waals surface area contributed by atoms with Crippen molar-refractivity contribution in [3.63, 3.8) is 0 Å². The molecule has 0 saturated carbocycles. The first-order valence-electron chi connectivity index (χ1n) is 11.4. The molecule has 3 aromatic heterocycles. The van der Waals surface area contributed by atoms with E-state index >= 15 is 0 Å². The number of amides is 2. The summed E-state index contributed by atoms with van der Waals surface area (Å²) < 4.78 is 5.43. The molecule has 186 valence electrons. The number of aromatic nitrogens is 2. The third-order valence-electron chi connectivity index (χ3n) is 5.78. The Labute approximate surface area is 212 Å². The molecule has 0 fully saturated rings. The molecular formula is C26H27N5O4S. The van der Waals surface area contributed by atoms with Crippen LogP contribution in [0.15, 0.2) is 63.3 Å². The summed E-state index contributed by atoms with van der Waals surface area (Å²) in [5.41, 5.74) is 0.646. The van der Waals surface area contributed by atoms with Crippen molar-refractivity contribution in [1.29, 1.82) is 0 Å². The fourth-order valence-electron chi connectivity index (χ4n) is 3.83. The molecule has 0 atom stereocenters. The van der Waals surface area contributed by atoms with Gasteiger partial charge in [0, 0.05) is 37.6 Å². The van der Waals surface area contributed by atoms with Gasteiger partial charge in [-0.1, -0.05) is 12.1 Å². The van der Waals surface area contributed by atoms with Crippen molar-refractivity contribution in [2.24, 2.45) is 0 Å². The summed E-state index contributed by atoms with van der Waals surface area (Å²) >= 11 is 1.33. The number of anilines is 2. The number of thiophene rings is 1. The van der Waals surface area contributed by atoms with Crippen molar-refractivity contribution in [2.75, 3.05) is 24.2 Å². The third-order valence-corrected chi connectivity index (χ3v) is 6.65. The topological polar surface area (TPSA) is 117 Å². The molecule has 0 bridgehead atoms. The monoisotopic (exact) mass is 505 g/mol. The number of benzene rings is 1. The number of hydrogen-bond donors (Lipinski definition) is 2. The minimum absolute atomic E-state index is 0.0567. The maximum atomic E-state index is 13.1. The Bertz CT molecular complexity index is 1450. The first-order valence-corrected chi connectivity index (χ1v) is 12.3. The van der Waals surface area contributed by atoms with E-state index in [2.05, 4.69) is 20.6 Å². The number of carbonyl (C=O) groups excluding carboxylic acids is 2. The number of likely N-dealkylation sites (N-methyl/N-ethyl adjacent to an activating group) is 1. The maximum absolute atomic E-state index is 13.1. The third kappa shape index (κ3) is 5.44. The second-order valence-electron chi connectivity index (χ2n) is 8.92. The molecule has 9 nitrogen and oxygen atoms in total. The van der Waals surface area contributed by atoms with Crippen molar-refractivity contribution >= 4 is 45.8 Å². The minimum Gasteiger partial charge on any atom is -0.389 e. The van der Waals surface area contributed by atoms with Crippen LogP contribution in [0.2, 0.25) is 0 Å². The van der Waals surface area contributed by atoms with Crippen LogP contribution < -0.4 is 16.3 Å². The Morgan fingerprint density at radius 2 is 1.94 bits per heavy atom. The standard InChI is InChI=1S/C26H27N5O4S/c1-16-18(28-22(32)20-9-7-15-36-20)10-11-19-21(16)23(33)35-25(29-19)30-26(2,3)24(34)31(4)14-12-17-8-5-6-13-27-17/h5-11,13,15H,12,14H2,1-4H3,(H,28,32)(H,29,30). The van der Waals surface area contributed by atoms with Crippen LogP contribution in [0, 0.1) is 6.92 Å². The molecule has 2 N–H and O–H groups in total. The minimum atomic E-state index is -1.08. The van der Waals surface area contributed by atoms with Crippen molar-refractivity contribution < 1.29 is 14.0 Å². The molecule has 0 aliphatic carbocycles. The van der Waals surface area contributed by atoms with Gasteiger partial charge in [-0.25, -0.2) is 4.79 Å². The number of carbonyl (C=O) groups is 2. The van der Waals surface area contributed by atoms with Gasteiger partial charge in [0.1, 0.15) is 5.54 Å². The van der Waals surface area contributed by atoms with Crippen LogP contribution in [0.3, 0.4) is 0 Å². The first kappa shape index (κ1) is 25.1. The van der Waals surface area contributed by atoms with E-state index in [1.165, 1.54) is 11.3 Å². The van der Waals surface area contributed by atoms with Crippen LogP contribution in [0.1, 0.15) is 34.8 Å². The fourth-order valence-corrected chi connectivity index (χ4v) is 4.45. The molecule has 3 heterocycles. The van der Waals surface area contributed by atoms with E-state index in [1.807, 2.05) is 23.6 Å². The summed E-state index contributed by atoms with van der Waals surface area (Å²) in [6.45, 7) is 5.61. The Hall–Kier alpha value is -4.05. The van der Waals surface area contributed by atoms with Crippen molar-refractivity contribution in [2.45, 2.75) is 32.7 Å². The number of nitrogens with zero attached hydrogens (tertiary/aromatic N) is 3. The summed E-state index contributed by atoms with van der Waals surface area (Å²) in [5.74, 6) is -0.443. The van der Waals surface area contributed by atoms with Gasteiger partial charge in [-0.05, 0) is 62.0 Å². The first-order chi connectivity index (χ1) is 17.2. The largest absolute Gasteiger partial charge is 0.389 e. The number of pyridine rings is 1. The predicted octanol–water partition coefficient (Wildman–Crippen LogP) is 4.10. The van der Waals surface area contributed by atoms with Gasteiger partial charge in [-0.2, -0.15) is 4.98 Å². The fraction of sp³-hybridized carbons (Fsp3) is 0.269. The summed E-state index contributed by atoms with van der Waals surface area (Å²) in [6.07, 6.45) is 2.34. The average molecular weight is 506 g/mol. The highest BCUT2D eigenvalue weighted by Gasteiger charge is 2.32. The number of rotatable bonds is 8. The van der Waals surface area contributed by atoms with Gasteiger partial charge < -0.3 is 20.0 Å². The number of aryl methyl sites for hydroxylation is 1. The summed E-state index contributed by atoms with van der Waals surface area (Å²) in [5, 5.41) is 7.87. The summed E-state index contributed by atoms with van der Waals surface area (Å²) in [6, 6.07) is 12.5. The average Bonchev–Trinajstić information content (AvgIpc) is 3.39. The molecule has 0 radical (unpaired) electrons. The van der Waals surface area contributed by atoms with Crippen LogP contribution in [0.25, 0.3) is 10.9 Å². The van der Waals surface area contributed by atoms with Crippen molar-refractivity contribution in [1.82, 2.24) is 14.9 Å². The molecule has 0 aliphatic rings. The molecule has 4 aromatic rings. The van der Waals surface area contributed by atoms with Crippen LogP contribution >= 0.6 is 11.3 Å². The zero-order valence-electron chi connectivity index (χ0n) is 20.5. The SMILES string of the molecule is Cc1c(NC(=O)c2cccs2)ccc2nc(NC(C)(C)C(=O)N(C)CCc3ccccn3)oc(=O)c12. The van der Waals surface area contributed by atoms with Gasteiger partial charge in [-0.15, -0.1) is 11.3 Å². The Balaban J connectivity index is 1.50.